The summed E-state index contributed by atoms with van der Waals surface area (Å²) in [4.78, 5) is 35.9. The lowest BCUT2D eigenvalue weighted by molar-refractivity contribution is -0.183. The summed E-state index contributed by atoms with van der Waals surface area (Å²) in [6, 6.07) is 14.8. The summed E-state index contributed by atoms with van der Waals surface area (Å²) in [5.74, 6) is 0.120. The Kier molecular flexibility index (Phi) is 5.73. The van der Waals surface area contributed by atoms with Crippen LogP contribution in [0.3, 0.4) is 0 Å². The molecule has 180 valence electrons. The van der Waals surface area contributed by atoms with Crippen molar-refractivity contribution in [2.75, 3.05) is 32.1 Å². The topological polar surface area (TPSA) is 74.3 Å². The van der Waals surface area contributed by atoms with Crippen LogP contribution < -0.4 is 15.0 Å². The third kappa shape index (κ3) is 3.80. The summed E-state index contributed by atoms with van der Waals surface area (Å²) >= 11 is 0. The molecule has 1 N–H and O–H groups in total. The van der Waals surface area contributed by atoms with Gasteiger partial charge in [-0.2, -0.15) is 0 Å². The first-order valence-corrected chi connectivity index (χ1v) is 11.8. The number of amides is 2. The van der Waals surface area contributed by atoms with Crippen molar-refractivity contribution in [1.29, 1.82) is 0 Å². The molecule has 2 amide bonds. The Labute approximate surface area is 200 Å². The van der Waals surface area contributed by atoms with Crippen LogP contribution >= 0.6 is 0 Å². The average molecular weight is 465 g/mol. The second-order valence-corrected chi connectivity index (χ2v) is 9.96. The minimum absolute atomic E-state index is 0.0127. The van der Waals surface area contributed by atoms with Crippen molar-refractivity contribution in [2.24, 2.45) is 5.92 Å². The number of rotatable bonds is 5. The predicted octanol–water partition coefficient (Wildman–Crippen LogP) is 3.12. The smallest absolute Gasteiger partial charge is 0.410 e. The number of anilines is 1. The minimum Gasteiger partial charge on any atom is -0.410 e. The van der Waals surface area contributed by atoms with Gasteiger partial charge < -0.3 is 15.0 Å². The van der Waals surface area contributed by atoms with E-state index in [2.05, 4.69) is 36.1 Å². The van der Waals surface area contributed by atoms with E-state index in [0.717, 1.165) is 24.2 Å². The summed E-state index contributed by atoms with van der Waals surface area (Å²) < 4.78 is 5.62. The number of ether oxygens (including phenoxy) is 1. The van der Waals surface area contributed by atoms with Crippen LogP contribution in [0.5, 0.6) is 5.75 Å². The molecule has 0 saturated carbocycles. The first-order valence-electron chi connectivity index (χ1n) is 11.8. The van der Waals surface area contributed by atoms with Gasteiger partial charge in [-0.25, -0.2) is 9.86 Å². The van der Waals surface area contributed by atoms with Gasteiger partial charge in [-0.15, -0.1) is 0 Å². The number of nitrogens with zero attached hydrogens (tertiary/aromatic N) is 3. The van der Waals surface area contributed by atoms with Gasteiger partial charge in [0.25, 0.3) is 5.91 Å². The maximum Gasteiger partial charge on any atom is 0.413 e. The number of carbonyl (C=O) groups is 2. The maximum absolute atomic E-state index is 12.8. The third-order valence-corrected chi connectivity index (χ3v) is 7.55. The van der Waals surface area contributed by atoms with Crippen LogP contribution in [-0.4, -0.2) is 61.4 Å². The number of fused-ring (bicyclic) bond motifs is 3. The molecular weight excluding hydrogens is 432 g/mol. The Morgan fingerprint density at radius 1 is 1.18 bits per heavy atom. The number of likely N-dealkylation sites (tertiary alicyclic amines) is 1. The monoisotopic (exact) mass is 464 g/mol. The average Bonchev–Trinajstić information content (AvgIpc) is 3.36. The zero-order chi connectivity index (χ0) is 24.0. The Morgan fingerprint density at radius 2 is 1.94 bits per heavy atom. The zero-order valence-corrected chi connectivity index (χ0v) is 20.2. The van der Waals surface area contributed by atoms with E-state index in [1.54, 1.807) is 0 Å². The lowest BCUT2D eigenvalue weighted by atomic mass is 9.81. The van der Waals surface area contributed by atoms with Crippen molar-refractivity contribution in [2.45, 2.75) is 44.5 Å². The van der Waals surface area contributed by atoms with Crippen LogP contribution in [0.4, 0.5) is 10.5 Å². The van der Waals surface area contributed by atoms with E-state index >= 15 is 0 Å². The van der Waals surface area contributed by atoms with Crippen molar-refractivity contribution in [3.63, 3.8) is 0 Å². The Hall–Kier alpha value is -3.10. The summed E-state index contributed by atoms with van der Waals surface area (Å²) in [6.07, 6.45) is 0.714. The highest BCUT2D eigenvalue weighted by Gasteiger charge is 2.52. The minimum atomic E-state index is -0.686. The summed E-state index contributed by atoms with van der Waals surface area (Å²) in [7, 11) is 4.26. The highest BCUT2D eigenvalue weighted by Crippen LogP contribution is 2.51. The molecule has 0 aliphatic carbocycles. The van der Waals surface area contributed by atoms with Gasteiger partial charge >= 0.3 is 6.09 Å². The van der Waals surface area contributed by atoms with Gasteiger partial charge in [-0.3, -0.25) is 14.5 Å². The number of nitrogens with one attached hydrogen (secondary N) is 1. The number of hydrogen-bond donors (Lipinski definition) is 1. The molecule has 2 fully saturated rings. The predicted molar refractivity (Wildman–Crippen MR) is 128 cm³/mol. The molecule has 5 rings (SSSR count). The van der Waals surface area contributed by atoms with Crippen molar-refractivity contribution in [3.05, 3.63) is 59.7 Å². The number of likely N-dealkylation sites (N-methyl/N-ethyl adjacent to an activating group) is 2. The maximum atomic E-state index is 12.8. The van der Waals surface area contributed by atoms with E-state index in [0.29, 0.717) is 25.1 Å². The number of benzene rings is 2. The van der Waals surface area contributed by atoms with Gasteiger partial charge in [-0.05, 0) is 42.8 Å². The van der Waals surface area contributed by atoms with E-state index in [4.69, 9.17) is 9.57 Å². The van der Waals surface area contributed by atoms with Crippen molar-refractivity contribution in [1.82, 2.24) is 15.3 Å². The van der Waals surface area contributed by atoms with E-state index in [1.807, 2.05) is 55.5 Å². The second-order valence-electron chi connectivity index (χ2n) is 9.96. The molecule has 34 heavy (non-hydrogen) atoms. The number of hydroxylamine groups is 2. The molecule has 0 bridgehead atoms. The highest BCUT2D eigenvalue weighted by molar-refractivity contribution is 5.87. The standard InChI is InChI=1S/C26H32N4O4/c1-17-15-30(33-16-18-8-6-5-7-9-18)23(31)22(17)27-25(32)34-19-10-11-21-20(14-19)26(2)12-13-28(3)24(26)29(21)4/h5-11,14,17,22,24H,12-13,15-16H2,1-4H3,(H,27,32)/t17?,22?,24-,26+/m1/s1. The number of hydrogen-bond acceptors (Lipinski definition) is 6. The number of carbonyl (C=O) groups excluding carboxylic acids is 2. The van der Waals surface area contributed by atoms with Crippen molar-refractivity contribution in [3.8, 4) is 5.75 Å². The summed E-state index contributed by atoms with van der Waals surface area (Å²) in [5.41, 5.74) is 3.32. The van der Waals surface area contributed by atoms with Crippen molar-refractivity contribution >= 4 is 17.7 Å². The van der Waals surface area contributed by atoms with Gasteiger partial charge in [0.15, 0.2) is 0 Å². The van der Waals surface area contributed by atoms with E-state index in [9.17, 15) is 9.59 Å². The summed E-state index contributed by atoms with van der Waals surface area (Å²) in [6.45, 7) is 5.93. The van der Waals surface area contributed by atoms with Crippen LogP contribution in [-0.2, 0) is 21.7 Å². The Bertz CT molecular complexity index is 1090. The molecular formula is C26H32N4O4. The van der Waals surface area contributed by atoms with Crippen LogP contribution in [0.15, 0.2) is 48.5 Å². The Balaban J connectivity index is 1.22. The molecule has 3 heterocycles. The van der Waals surface area contributed by atoms with Crippen LogP contribution in [0, 0.1) is 5.92 Å². The fourth-order valence-corrected chi connectivity index (χ4v) is 5.78. The molecule has 2 unspecified atom stereocenters. The summed E-state index contributed by atoms with van der Waals surface area (Å²) in [5, 5.41) is 4.08. The lowest BCUT2D eigenvalue weighted by Gasteiger charge is -2.32. The lowest BCUT2D eigenvalue weighted by Crippen LogP contribution is -2.45. The molecule has 0 radical (unpaired) electrons. The van der Waals surface area contributed by atoms with Gasteiger partial charge in [0.2, 0.25) is 0 Å². The first kappa shape index (κ1) is 22.7. The normalized spacial score (nSPS) is 28.2. The second kappa shape index (κ2) is 8.60. The molecule has 2 saturated heterocycles. The van der Waals surface area contributed by atoms with Gasteiger partial charge in [0.05, 0.1) is 12.7 Å². The molecule has 4 atom stereocenters. The van der Waals surface area contributed by atoms with Gasteiger partial charge in [0.1, 0.15) is 18.4 Å². The van der Waals surface area contributed by atoms with Crippen LogP contribution in [0.2, 0.25) is 0 Å². The largest absolute Gasteiger partial charge is 0.413 e. The van der Waals surface area contributed by atoms with Gasteiger partial charge in [-0.1, -0.05) is 44.2 Å². The highest BCUT2D eigenvalue weighted by atomic mass is 16.7. The van der Waals surface area contributed by atoms with Crippen LogP contribution in [0.25, 0.3) is 0 Å². The fourth-order valence-electron chi connectivity index (χ4n) is 5.78. The Morgan fingerprint density at radius 3 is 2.71 bits per heavy atom. The van der Waals surface area contributed by atoms with Crippen LogP contribution in [0.1, 0.15) is 31.4 Å². The SMILES string of the molecule is CC1CN(OCc2ccccc2)C(=O)C1NC(=O)Oc1ccc2c(c1)[C@]1(C)CCN(C)[C@@H]1N2C. The third-order valence-electron chi connectivity index (χ3n) is 7.55. The molecule has 0 aromatic heterocycles. The molecule has 0 spiro atoms. The fraction of sp³-hybridized carbons (Fsp3) is 0.462. The quantitative estimate of drug-likeness (QED) is 0.733. The molecule has 8 nitrogen and oxygen atoms in total. The molecule has 2 aromatic rings. The van der Waals surface area contributed by atoms with Gasteiger partial charge in [0, 0.05) is 30.6 Å². The zero-order valence-electron chi connectivity index (χ0n) is 20.2. The molecule has 3 aliphatic rings. The first-order chi connectivity index (χ1) is 16.3. The molecule has 8 heteroatoms. The molecule has 3 aliphatic heterocycles. The molecule has 2 aromatic carbocycles. The van der Waals surface area contributed by atoms with E-state index < -0.39 is 12.1 Å². The van der Waals surface area contributed by atoms with Crippen molar-refractivity contribution < 1.29 is 19.2 Å². The van der Waals surface area contributed by atoms with E-state index in [1.165, 1.54) is 10.6 Å². The van der Waals surface area contributed by atoms with E-state index in [-0.39, 0.29) is 17.2 Å².